The Morgan fingerprint density at radius 1 is 0.750 bits per heavy atom. The zero-order valence-corrected chi connectivity index (χ0v) is 8.05. The Bertz CT molecular complexity index is 218. The van der Waals surface area contributed by atoms with Crippen molar-refractivity contribution in [3.05, 3.63) is 0 Å². The molecule has 0 atom stereocenters. The third-order valence-corrected chi connectivity index (χ3v) is 0. The number of hydrogen-bond donors (Lipinski definition) is 2. The maximum Gasteiger partial charge on any atom is 1.00 e. The fourth-order valence-electron chi connectivity index (χ4n) is 0. The van der Waals surface area contributed by atoms with Gasteiger partial charge in [0.1, 0.15) is 0 Å². The van der Waals surface area contributed by atoms with Crippen LogP contribution in [0.5, 0.6) is 0 Å². The molecule has 12 heavy (non-hydrogen) atoms. The topological polar surface area (TPSA) is 166 Å². The van der Waals surface area contributed by atoms with E-state index in [4.69, 9.17) is 25.9 Å². The Labute approximate surface area is 94.2 Å². The molecular weight excluding hydrogens is 202 g/mol. The van der Waals surface area contributed by atoms with Gasteiger partial charge in [-0.05, 0) is 0 Å². The van der Waals surface area contributed by atoms with Gasteiger partial charge in [-0.1, -0.05) is 0 Å². The molecule has 12 heteroatoms. The monoisotopic (exact) mass is 206 g/mol. The average Bonchev–Trinajstić information content (AvgIpc) is 1.12. The third kappa shape index (κ3) is 1240. The minimum atomic E-state index is -4.42. The maximum absolute atomic E-state index is 8.85. The van der Waals surface area contributed by atoms with Crippen LogP contribution in [-0.4, -0.2) is 25.9 Å². The van der Waals surface area contributed by atoms with Crippen LogP contribution in [0, 0.1) is 0 Å². The molecular formula is H4Li2N2O6S2. The van der Waals surface area contributed by atoms with E-state index in [0.717, 1.165) is 0 Å². The van der Waals surface area contributed by atoms with Gasteiger partial charge in [0.25, 0.3) is 0 Å². The summed E-state index contributed by atoms with van der Waals surface area (Å²) in [7, 11) is -8.83. The van der Waals surface area contributed by atoms with Crippen molar-refractivity contribution >= 4 is 20.6 Å². The van der Waals surface area contributed by atoms with Gasteiger partial charge in [-0.25, -0.2) is 27.1 Å². The quantitative estimate of drug-likeness (QED) is 0.294. The molecule has 0 saturated carbocycles. The van der Waals surface area contributed by atoms with Crippen molar-refractivity contribution in [3.8, 4) is 0 Å². The van der Waals surface area contributed by atoms with E-state index in [-0.39, 0.29) is 37.7 Å². The summed E-state index contributed by atoms with van der Waals surface area (Å²) in [6.45, 7) is 0. The van der Waals surface area contributed by atoms with Crippen molar-refractivity contribution in [3.63, 3.8) is 0 Å². The molecule has 0 aliphatic heterocycles. The van der Waals surface area contributed by atoms with Crippen LogP contribution in [0.15, 0.2) is 0 Å². The molecule has 0 aliphatic rings. The van der Waals surface area contributed by atoms with E-state index < -0.39 is 20.6 Å². The smallest absolute Gasteiger partial charge is 0.736 e. The van der Waals surface area contributed by atoms with Crippen LogP contribution < -0.4 is 48.0 Å². The van der Waals surface area contributed by atoms with E-state index in [2.05, 4.69) is 10.3 Å². The molecule has 0 unspecified atom stereocenters. The molecule has 0 amide bonds. The van der Waals surface area contributed by atoms with Gasteiger partial charge in [-0.15, -0.1) is 0 Å². The summed E-state index contributed by atoms with van der Waals surface area (Å²) in [5.74, 6) is 0. The summed E-state index contributed by atoms with van der Waals surface area (Å²) in [6, 6.07) is 0. The number of hydrogen-bond acceptors (Lipinski definition) is 6. The fraction of sp³-hybridized carbons (Fsp3) is 0. The van der Waals surface area contributed by atoms with Gasteiger partial charge in [0, 0.05) is 0 Å². The summed E-state index contributed by atoms with van der Waals surface area (Å²) < 4.78 is 53.1. The first kappa shape index (κ1) is 23.1. The van der Waals surface area contributed by atoms with Gasteiger partial charge < -0.3 is 9.11 Å². The molecule has 0 spiro atoms. The van der Waals surface area contributed by atoms with Crippen molar-refractivity contribution in [1.29, 1.82) is 0 Å². The zero-order chi connectivity index (χ0) is 9.00. The van der Waals surface area contributed by atoms with Crippen LogP contribution in [0.4, 0.5) is 0 Å². The van der Waals surface area contributed by atoms with E-state index in [9.17, 15) is 0 Å². The van der Waals surface area contributed by atoms with Crippen LogP contribution in [0.3, 0.4) is 0 Å². The molecule has 0 bridgehead atoms. The van der Waals surface area contributed by atoms with Crippen LogP contribution in [0.2, 0.25) is 0 Å². The summed E-state index contributed by atoms with van der Waals surface area (Å²) in [5.41, 5.74) is 0. The summed E-state index contributed by atoms with van der Waals surface area (Å²) in [4.78, 5) is 0. The Balaban J connectivity index is -0.0000000457. The molecule has 4 N–H and O–H groups in total. The van der Waals surface area contributed by atoms with Gasteiger partial charge >= 0.3 is 37.7 Å². The van der Waals surface area contributed by atoms with Crippen molar-refractivity contribution in [2.75, 3.05) is 0 Å². The van der Waals surface area contributed by atoms with Crippen molar-refractivity contribution < 1.29 is 63.7 Å². The molecule has 8 nitrogen and oxygen atoms in total. The second kappa shape index (κ2) is 8.53. The number of rotatable bonds is 0. The predicted molar refractivity (Wildman–Crippen MR) is 27.8 cm³/mol. The largest absolute Gasteiger partial charge is 1.00 e. The summed E-state index contributed by atoms with van der Waals surface area (Å²) in [6.07, 6.45) is 0. The Morgan fingerprint density at radius 3 is 0.750 bits per heavy atom. The van der Waals surface area contributed by atoms with E-state index in [1.54, 1.807) is 0 Å². The van der Waals surface area contributed by atoms with Crippen LogP contribution in [0.25, 0.3) is 0 Å². The normalized spacial score (nSPS) is 9.67. The molecule has 0 aromatic rings. The van der Waals surface area contributed by atoms with Crippen LogP contribution >= 0.6 is 0 Å². The van der Waals surface area contributed by atoms with Crippen LogP contribution in [0.1, 0.15) is 0 Å². The van der Waals surface area contributed by atoms with E-state index >= 15 is 0 Å². The van der Waals surface area contributed by atoms with Crippen molar-refractivity contribution in [2.45, 2.75) is 0 Å². The Morgan fingerprint density at radius 2 is 0.750 bits per heavy atom. The molecule has 0 aromatic heterocycles. The Hall–Kier alpha value is 0.935. The SMILES string of the molecule is NS(=O)(=O)[O-].NS(=O)(=O)[O-].[Li+].[Li+]. The van der Waals surface area contributed by atoms with Gasteiger partial charge in [0.15, 0.2) is 20.6 Å². The molecule has 0 aromatic carbocycles. The van der Waals surface area contributed by atoms with Crippen molar-refractivity contribution in [2.24, 2.45) is 10.3 Å². The van der Waals surface area contributed by atoms with Gasteiger partial charge in [0.2, 0.25) is 0 Å². The average molecular weight is 206 g/mol. The predicted octanol–water partition coefficient (Wildman–Crippen LogP) is -9.18. The maximum atomic E-state index is 8.85. The molecule has 64 valence electrons. The molecule has 0 rings (SSSR count). The summed E-state index contributed by atoms with van der Waals surface area (Å²) in [5, 5.41) is 7.54. The summed E-state index contributed by atoms with van der Waals surface area (Å²) >= 11 is 0. The zero-order valence-electron chi connectivity index (χ0n) is 6.42. The number of nitrogens with two attached hydrogens (primary N) is 2. The second-order valence-electron chi connectivity index (χ2n) is 0.986. The first-order chi connectivity index (χ1) is 4.00. The molecule has 0 radical (unpaired) electrons. The molecule has 0 saturated heterocycles. The molecule has 0 heterocycles. The second-order valence-corrected chi connectivity index (χ2v) is 2.96. The van der Waals surface area contributed by atoms with E-state index in [1.165, 1.54) is 0 Å². The van der Waals surface area contributed by atoms with Crippen molar-refractivity contribution in [1.82, 2.24) is 0 Å². The van der Waals surface area contributed by atoms with Gasteiger partial charge in [-0.3, -0.25) is 0 Å². The first-order valence-electron chi connectivity index (χ1n) is 1.47. The standard InChI is InChI=1S/2Li.2H3NO3S/c;;2*1-5(2,3)4/h;;2*(H3,1,2,3,4)/q2*+1;;/p-2. The first-order valence-corrected chi connectivity index (χ1v) is 4.41. The minimum absolute atomic E-state index is 0. The fourth-order valence-corrected chi connectivity index (χ4v) is 0. The van der Waals surface area contributed by atoms with Gasteiger partial charge in [0.05, 0.1) is 0 Å². The molecule has 0 aliphatic carbocycles. The molecule has 0 fully saturated rings. The third-order valence-electron chi connectivity index (χ3n) is 0. The van der Waals surface area contributed by atoms with Gasteiger partial charge in [-0.2, -0.15) is 0 Å². The van der Waals surface area contributed by atoms with E-state index in [0.29, 0.717) is 0 Å². The Kier molecular flexibility index (Phi) is 16.4. The minimum Gasteiger partial charge on any atom is -0.736 e. The van der Waals surface area contributed by atoms with E-state index in [1.807, 2.05) is 0 Å². The van der Waals surface area contributed by atoms with Crippen LogP contribution in [-0.2, 0) is 20.6 Å².